The number of nitrogens with one attached hydrogen (secondary N) is 1. The summed E-state index contributed by atoms with van der Waals surface area (Å²) in [5, 5.41) is 2.77. The van der Waals surface area contributed by atoms with Crippen LogP contribution in [0.1, 0.15) is 33.1 Å². The van der Waals surface area contributed by atoms with Crippen LogP contribution in [0, 0.1) is 0 Å². The zero-order chi connectivity index (χ0) is 13.8. The van der Waals surface area contributed by atoms with E-state index in [0.717, 1.165) is 18.5 Å². The van der Waals surface area contributed by atoms with Crippen molar-refractivity contribution in [3.8, 4) is 0 Å². The van der Waals surface area contributed by atoms with Gasteiger partial charge in [-0.3, -0.25) is 4.79 Å². The molecule has 0 bridgehead atoms. The van der Waals surface area contributed by atoms with Crippen molar-refractivity contribution in [1.29, 1.82) is 0 Å². The Morgan fingerprint density at radius 1 is 1.22 bits per heavy atom. The normalized spacial score (nSPS) is 11.1. The molecule has 0 saturated carbocycles. The summed E-state index contributed by atoms with van der Waals surface area (Å²) in [5.41, 5.74) is 11.9. The molecule has 0 aliphatic rings. The van der Waals surface area contributed by atoms with Crippen molar-refractivity contribution in [3.63, 3.8) is 0 Å². The van der Waals surface area contributed by atoms with Crippen molar-refractivity contribution < 1.29 is 4.79 Å². The van der Waals surface area contributed by atoms with Crippen molar-refractivity contribution in [2.24, 2.45) is 11.5 Å². The highest BCUT2D eigenvalue weighted by atomic mass is 16.2. The van der Waals surface area contributed by atoms with Gasteiger partial charge in [-0.1, -0.05) is 38.5 Å². The van der Waals surface area contributed by atoms with Crippen molar-refractivity contribution in [2.75, 3.05) is 11.9 Å². The minimum absolute atomic E-state index is 0.136. The minimum atomic E-state index is -0.452. The maximum absolute atomic E-state index is 11.6. The Hall–Kier alpha value is -1.39. The smallest absolute Gasteiger partial charge is 0.241 e. The number of para-hydroxylation sites is 1. The largest absolute Gasteiger partial charge is 0.330 e. The van der Waals surface area contributed by atoms with E-state index in [1.807, 2.05) is 44.2 Å². The molecule has 1 aromatic carbocycles. The first kappa shape index (κ1) is 16.6. The second-order valence-electron chi connectivity index (χ2n) is 3.75. The number of nitrogens with two attached hydrogens (primary N) is 2. The molecule has 0 aliphatic carbocycles. The number of hydrogen-bond donors (Lipinski definition) is 3. The Balaban J connectivity index is 0.00000137. The number of carbonyl (C=O) groups is 1. The standard InChI is InChI=1S/C12H19N3O.C2H6/c13-9-5-4-8-11(14)12(16)15-10-6-2-1-3-7-10;1-2/h1-3,6-7,11H,4-5,8-9,13-14H2,(H,15,16);1-2H3. The Bertz CT molecular complexity index is 314. The van der Waals surface area contributed by atoms with Gasteiger partial charge in [0.25, 0.3) is 0 Å². The molecule has 1 unspecified atom stereocenters. The Morgan fingerprint density at radius 2 is 1.83 bits per heavy atom. The summed E-state index contributed by atoms with van der Waals surface area (Å²) in [5.74, 6) is -0.136. The van der Waals surface area contributed by atoms with E-state index in [9.17, 15) is 4.79 Å². The third-order valence-electron chi connectivity index (χ3n) is 2.35. The second-order valence-corrected chi connectivity index (χ2v) is 3.75. The quantitative estimate of drug-likeness (QED) is 0.677. The fourth-order valence-corrected chi connectivity index (χ4v) is 1.40. The maximum atomic E-state index is 11.6. The molecule has 1 amide bonds. The average Bonchev–Trinajstić information content (AvgIpc) is 2.42. The number of hydrogen-bond acceptors (Lipinski definition) is 3. The number of benzene rings is 1. The summed E-state index contributed by atoms with van der Waals surface area (Å²) in [6.07, 6.45) is 2.47. The summed E-state index contributed by atoms with van der Waals surface area (Å²) < 4.78 is 0. The SMILES string of the molecule is CC.NCCCCC(N)C(=O)Nc1ccccc1. The molecule has 5 N–H and O–H groups in total. The van der Waals surface area contributed by atoms with Gasteiger partial charge in [-0.2, -0.15) is 0 Å². The first-order valence-corrected chi connectivity index (χ1v) is 6.55. The summed E-state index contributed by atoms with van der Waals surface area (Å²) >= 11 is 0. The molecular formula is C14H25N3O. The van der Waals surface area contributed by atoms with Gasteiger partial charge in [0.05, 0.1) is 6.04 Å². The van der Waals surface area contributed by atoms with Gasteiger partial charge < -0.3 is 16.8 Å². The molecule has 0 aliphatic heterocycles. The first-order chi connectivity index (χ1) is 8.74. The van der Waals surface area contributed by atoms with E-state index < -0.39 is 6.04 Å². The van der Waals surface area contributed by atoms with Crippen molar-refractivity contribution in [2.45, 2.75) is 39.2 Å². The molecule has 0 heterocycles. The van der Waals surface area contributed by atoms with Crippen molar-refractivity contribution in [3.05, 3.63) is 30.3 Å². The van der Waals surface area contributed by atoms with Gasteiger partial charge in [0.2, 0.25) is 5.91 Å². The van der Waals surface area contributed by atoms with E-state index in [-0.39, 0.29) is 5.91 Å². The van der Waals surface area contributed by atoms with Gasteiger partial charge in [-0.25, -0.2) is 0 Å². The van der Waals surface area contributed by atoms with Crippen molar-refractivity contribution in [1.82, 2.24) is 0 Å². The fourth-order valence-electron chi connectivity index (χ4n) is 1.40. The second kappa shape index (κ2) is 10.7. The lowest BCUT2D eigenvalue weighted by atomic mass is 10.1. The van der Waals surface area contributed by atoms with Crippen LogP contribution in [-0.2, 0) is 4.79 Å². The lowest BCUT2D eigenvalue weighted by Gasteiger charge is -2.11. The van der Waals surface area contributed by atoms with Gasteiger partial charge in [0.1, 0.15) is 0 Å². The zero-order valence-corrected chi connectivity index (χ0v) is 11.4. The highest BCUT2D eigenvalue weighted by Crippen LogP contribution is 2.06. The zero-order valence-electron chi connectivity index (χ0n) is 11.4. The molecule has 1 atom stereocenters. The Labute approximate surface area is 110 Å². The summed E-state index contributed by atoms with van der Waals surface area (Å²) in [4.78, 5) is 11.6. The molecule has 0 fully saturated rings. The fraction of sp³-hybridized carbons (Fsp3) is 0.500. The minimum Gasteiger partial charge on any atom is -0.330 e. The van der Waals surface area contributed by atoms with Crippen LogP contribution in [0.15, 0.2) is 30.3 Å². The molecule has 1 rings (SSSR count). The predicted molar refractivity (Wildman–Crippen MR) is 77.3 cm³/mol. The van der Waals surface area contributed by atoms with Crippen LogP contribution >= 0.6 is 0 Å². The third-order valence-corrected chi connectivity index (χ3v) is 2.35. The van der Waals surface area contributed by atoms with E-state index in [4.69, 9.17) is 11.5 Å². The molecule has 0 spiro atoms. The van der Waals surface area contributed by atoms with Crippen LogP contribution in [0.4, 0.5) is 5.69 Å². The molecular weight excluding hydrogens is 226 g/mol. The summed E-state index contributed by atoms with van der Waals surface area (Å²) in [7, 11) is 0. The van der Waals surface area contributed by atoms with Crippen LogP contribution in [-0.4, -0.2) is 18.5 Å². The number of carbonyl (C=O) groups excluding carboxylic acids is 1. The molecule has 18 heavy (non-hydrogen) atoms. The topological polar surface area (TPSA) is 81.1 Å². The average molecular weight is 251 g/mol. The molecule has 102 valence electrons. The predicted octanol–water partition coefficient (Wildman–Crippen LogP) is 2.11. The summed E-state index contributed by atoms with van der Waals surface area (Å²) in [6, 6.07) is 8.86. The molecule has 4 heteroatoms. The van der Waals surface area contributed by atoms with Crippen molar-refractivity contribution >= 4 is 11.6 Å². The summed E-state index contributed by atoms with van der Waals surface area (Å²) in [6.45, 7) is 4.65. The Morgan fingerprint density at radius 3 is 2.39 bits per heavy atom. The lowest BCUT2D eigenvalue weighted by molar-refractivity contribution is -0.117. The van der Waals surface area contributed by atoms with Crippen LogP contribution in [0.25, 0.3) is 0 Å². The highest BCUT2D eigenvalue weighted by molar-refractivity contribution is 5.94. The molecule has 0 saturated heterocycles. The number of rotatable bonds is 6. The van der Waals surface area contributed by atoms with Crippen LogP contribution < -0.4 is 16.8 Å². The highest BCUT2D eigenvalue weighted by Gasteiger charge is 2.12. The number of amides is 1. The molecule has 0 aromatic heterocycles. The monoisotopic (exact) mass is 251 g/mol. The van der Waals surface area contributed by atoms with Crippen LogP contribution in [0.3, 0.4) is 0 Å². The van der Waals surface area contributed by atoms with Gasteiger partial charge in [0.15, 0.2) is 0 Å². The van der Waals surface area contributed by atoms with Gasteiger partial charge in [-0.05, 0) is 31.5 Å². The van der Waals surface area contributed by atoms with Gasteiger partial charge in [0, 0.05) is 5.69 Å². The van der Waals surface area contributed by atoms with E-state index >= 15 is 0 Å². The number of unbranched alkanes of at least 4 members (excludes halogenated alkanes) is 1. The maximum Gasteiger partial charge on any atom is 0.241 e. The van der Waals surface area contributed by atoms with Gasteiger partial charge >= 0.3 is 0 Å². The third kappa shape index (κ3) is 7.04. The molecule has 0 radical (unpaired) electrons. The van der Waals surface area contributed by atoms with E-state index in [0.29, 0.717) is 13.0 Å². The first-order valence-electron chi connectivity index (χ1n) is 6.55. The van der Waals surface area contributed by atoms with E-state index in [2.05, 4.69) is 5.32 Å². The number of anilines is 1. The van der Waals surface area contributed by atoms with Crippen LogP contribution in [0.5, 0.6) is 0 Å². The molecule has 4 nitrogen and oxygen atoms in total. The van der Waals surface area contributed by atoms with Gasteiger partial charge in [-0.15, -0.1) is 0 Å². The molecule has 1 aromatic rings. The van der Waals surface area contributed by atoms with E-state index in [1.165, 1.54) is 0 Å². The lowest BCUT2D eigenvalue weighted by Crippen LogP contribution is -2.35. The Kier molecular flexibility index (Phi) is 9.91. The van der Waals surface area contributed by atoms with E-state index in [1.54, 1.807) is 0 Å². The van der Waals surface area contributed by atoms with Crippen LogP contribution in [0.2, 0.25) is 0 Å².